The molecule has 0 aromatic heterocycles. The van der Waals surface area contributed by atoms with Crippen LogP contribution in [0.15, 0.2) is 0 Å². The van der Waals surface area contributed by atoms with Crippen LogP contribution < -0.4 is 0 Å². The predicted molar refractivity (Wildman–Crippen MR) is 113 cm³/mol. The molecule has 0 spiro atoms. The van der Waals surface area contributed by atoms with Gasteiger partial charge in [0.1, 0.15) is 24.2 Å². The van der Waals surface area contributed by atoms with Gasteiger partial charge in [-0.1, -0.05) is 26.7 Å². The summed E-state index contributed by atoms with van der Waals surface area (Å²) >= 11 is 0. The van der Waals surface area contributed by atoms with E-state index in [0.29, 0.717) is 12.3 Å². The summed E-state index contributed by atoms with van der Waals surface area (Å²) in [7, 11) is -6.05. The van der Waals surface area contributed by atoms with Crippen molar-refractivity contribution in [2.24, 2.45) is 40.9 Å². The molecule has 1 aliphatic heterocycles. The zero-order valence-electron chi connectivity index (χ0n) is 19.5. The van der Waals surface area contributed by atoms with Crippen LogP contribution in [0, 0.1) is 40.9 Å². The molecular weight excluding hydrogens is 490 g/mol. The fourth-order valence-corrected chi connectivity index (χ4v) is 8.27. The van der Waals surface area contributed by atoms with Gasteiger partial charge in [-0.3, -0.25) is 14.1 Å². The molecule has 4 aliphatic carbocycles. The summed E-state index contributed by atoms with van der Waals surface area (Å²) in [6, 6.07) is 0. The van der Waals surface area contributed by atoms with Crippen molar-refractivity contribution in [1.82, 2.24) is 0 Å². The highest BCUT2D eigenvalue weighted by atomic mass is 32.2. The maximum atomic E-state index is 13.8. The van der Waals surface area contributed by atoms with Gasteiger partial charge in [-0.05, 0) is 49.9 Å². The molecule has 12 heteroatoms. The summed E-state index contributed by atoms with van der Waals surface area (Å²) in [5.74, 6) is -4.78. The van der Waals surface area contributed by atoms with Crippen LogP contribution in [0.25, 0.3) is 0 Å². The van der Waals surface area contributed by atoms with E-state index in [1.165, 1.54) is 0 Å². The molecule has 5 fully saturated rings. The number of halogens is 2. The summed E-state index contributed by atoms with van der Waals surface area (Å²) < 4.78 is 74.4. The lowest BCUT2D eigenvalue weighted by Gasteiger charge is -2.52. The van der Waals surface area contributed by atoms with Crippen LogP contribution in [0.3, 0.4) is 0 Å². The van der Waals surface area contributed by atoms with Gasteiger partial charge in [-0.15, -0.1) is 0 Å². The second-order valence-electron chi connectivity index (χ2n) is 11.0. The first-order valence-corrected chi connectivity index (χ1v) is 13.7. The van der Waals surface area contributed by atoms with Crippen LogP contribution in [-0.4, -0.2) is 54.4 Å². The van der Waals surface area contributed by atoms with Crippen molar-refractivity contribution >= 4 is 28.0 Å². The third kappa shape index (κ3) is 3.45. The highest BCUT2D eigenvalue weighted by Crippen LogP contribution is 2.59. The van der Waals surface area contributed by atoms with Crippen LogP contribution in [0.2, 0.25) is 0 Å². The molecule has 1 heterocycles. The molecule has 4 bridgehead atoms. The Morgan fingerprint density at radius 2 is 1.86 bits per heavy atom. The summed E-state index contributed by atoms with van der Waals surface area (Å²) in [6.07, 6.45) is 2.34. The predicted octanol–water partition coefficient (Wildman–Crippen LogP) is 2.72. The standard InChI is InChI=1S/C23H30F2O9S/c1-3-22(10(2)7-11-5-4-6-12(22)8-11)20(27)33-16-14-9-13-15(16)19(26)32-17(13)18(14)34-21(28)23(24,25)35(29,30)31/h10-18H,3-9H2,1-2H3,(H,29,30,31). The van der Waals surface area contributed by atoms with Crippen molar-refractivity contribution in [1.29, 1.82) is 0 Å². The van der Waals surface area contributed by atoms with E-state index < -0.39 is 74.8 Å². The maximum absolute atomic E-state index is 13.8. The number of carbonyl (C=O) groups is 3. The lowest BCUT2D eigenvalue weighted by molar-refractivity contribution is -0.190. The molecule has 9 nitrogen and oxygen atoms in total. The normalized spacial score (nSPS) is 44.1. The Morgan fingerprint density at radius 1 is 1.14 bits per heavy atom. The van der Waals surface area contributed by atoms with Crippen molar-refractivity contribution < 1.29 is 50.3 Å². The molecule has 5 aliphatic rings. The Hall–Kier alpha value is -1.82. The van der Waals surface area contributed by atoms with E-state index in [9.17, 15) is 31.6 Å². The van der Waals surface area contributed by atoms with E-state index in [1.54, 1.807) is 0 Å². The molecule has 196 valence electrons. The van der Waals surface area contributed by atoms with Crippen molar-refractivity contribution in [3.63, 3.8) is 0 Å². The van der Waals surface area contributed by atoms with Gasteiger partial charge in [-0.25, -0.2) is 4.79 Å². The summed E-state index contributed by atoms with van der Waals surface area (Å²) in [6.45, 7) is 4.01. The fourth-order valence-electron chi connectivity index (χ4n) is 8.01. The van der Waals surface area contributed by atoms with Gasteiger partial charge in [0.05, 0.1) is 5.41 Å². The number of hydrogen-bond donors (Lipinski definition) is 1. The van der Waals surface area contributed by atoms with Gasteiger partial charge in [-0.2, -0.15) is 17.2 Å². The Labute approximate surface area is 202 Å². The molecule has 0 radical (unpaired) electrons. The number of alkyl halides is 2. The van der Waals surface area contributed by atoms with Gasteiger partial charge in [0.15, 0.2) is 0 Å². The first-order chi connectivity index (χ1) is 16.3. The molecule has 0 aromatic carbocycles. The first kappa shape index (κ1) is 24.9. The number of carbonyl (C=O) groups excluding carboxylic acids is 3. The topological polar surface area (TPSA) is 133 Å². The maximum Gasteiger partial charge on any atom is 0.465 e. The minimum absolute atomic E-state index is 0.0768. The molecule has 0 aromatic rings. The van der Waals surface area contributed by atoms with Gasteiger partial charge in [0.25, 0.3) is 0 Å². The third-order valence-corrected chi connectivity index (χ3v) is 10.4. The van der Waals surface area contributed by atoms with Crippen LogP contribution in [-0.2, 0) is 38.7 Å². The average Bonchev–Trinajstić information content (AvgIpc) is 3.38. The third-order valence-electron chi connectivity index (χ3n) is 9.56. The Kier molecular flexibility index (Phi) is 5.75. The van der Waals surface area contributed by atoms with E-state index in [4.69, 9.17) is 18.8 Å². The molecule has 10 atom stereocenters. The van der Waals surface area contributed by atoms with Crippen molar-refractivity contribution in [3.8, 4) is 0 Å². The number of rotatable bonds is 6. The molecule has 35 heavy (non-hydrogen) atoms. The van der Waals surface area contributed by atoms with Crippen LogP contribution in [0.4, 0.5) is 8.78 Å². The second-order valence-corrected chi connectivity index (χ2v) is 12.4. The monoisotopic (exact) mass is 520 g/mol. The first-order valence-electron chi connectivity index (χ1n) is 12.3. The minimum Gasteiger partial charge on any atom is -0.461 e. The highest BCUT2D eigenvalue weighted by Gasteiger charge is 2.71. The summed E-state index contributed by atoms with van der Waals surface area (Å²) in [5, 5.41) is -5.18. The number of fused-ring (bicyclic) bond motifs is 3. The minimum atomic E-state index is -6.05. The second kappa shape index (κ2) is 8.09. The SMILES string of the molecule is CCC1(C(=O)OC2C3CC4C(OC(=O)C42)C3OC(=O)C(F)(F)S(=O)(=O)O)C(C)CC2CCCC1C2. The fraction of sp³-hybridized carbons (Fsp3) is 0.870. The summed E-state index contributed by atoms with van der Waals surface area (Å²) in [4.78, 5) is 38.4. The number of ether oxygens (including phenoxy) is 3. The van der Waals surface area contributed by atoms with E-state index in [2.05, 4.69) is 6.92 Å². The van der Waals surface area contributed by atoms with E-state index >= 15 is 0 Å². The molecular formula is C23H30F2O9S. The molecule has 0 amide bonds. The van der Waals surface area contributed by atoms with Gasteiger partial charge < -0.3 is 14.2 Å². The zero-order valence-corrected chi connectivity index (χ0v) is 20.3. The molecule has 1 N–H and O–H groups in total. The van der Waals surface area contributed by atoms with Gasteiger partial charge in [0, 0.05) is 11.8 Å². The van der Waals surface area contributed by atoms with Crippen LogP contribution in [0.5, 0.6) is 0 Å². The lowest BCUT2D eigenvalue weighted by atomic mass is 9.53. The smallest absolute Gasteiger partial charge is 0.461 e. The molecule has 10 unspecified atom stereocenters. The zero-order chi connectivity index (χ0) is 25.5. The van der Waals surface area contributed by atoms with Gasteiger partial charge >= 0.3 is 33.3 Å². The molecule has 1 saturated heterocycles. The van der Waals surface area contributed by atoms with Crippen molar-refractivity contribution in [2.75, 3.05) is 0 Å². The van der Waals surface area contributed by atoms with Crippen LogP contribution in [0.1, 0.15) is 58.8 Å². The average molecular weight is 521 g/mol. The number of hydrogen-bond acceptors (Lipinski definition) is 8. The lowest BCUT2D eigenvalue weighted by Crippen LogP contribution is -2.53. The molecule has 4 saturated carbocycles. The Balaban J connectivity index is 1.39. The van der Waals surface area contributed by atoms with E-state index in [1.807, 2.05) is 6.92 Å². The van der Waals surface area contributed by atoms with Gasteiger partial charge in [0.2, 0.25) is 0 Å². The van der Waals surface area contributed by atoms with Crippen LogP contribution >= 0.6 is 0 Å². The van der Waals surface area contributed by atoms with E-state index in [0.717, 1.165) is 32.1 Å². The Bertz CT molecular complexity index is 1040. The largest absolute Gasteiger partial charge is 0.465 e. The quantitative estimate of drug-likeness (QED) is 0.319. The van der Waals surface area contributed by atoms with Crippen molar-refractivity contribution in [3.05, 3.63) is 0 Å². The summed E-state index contributed by atoms with van der Waals surface area (Å²) in [5.41, 5.74) is -0.717. The molecule has 5 rings (SSSR count). The Morgan fingerprint density at radius 3 is 2.51 bits per heavy atom. The number of esters is 3. The van der Waals surface area contributed by atoms with Crippen molar-refractivity contribution in [2.45, 2.75) is 82.4 Å². The highest BCUT2D eigenvalue weighted by molar-refractivity contribution is 7.87. The van der Waals surface area contributed by atoms with E-state index in [-0.39, 0.29) is 18.3 Å².